The molecule has 4 fully saturated rings. The van der Waals surface area contributed by atoms with Crippen LogP contribution in [0.15, 0.2) is 0 Å². The third-order valence-corrected chi connectivity index (χ3v) is 5.49. The zero-order chi connectivity index (χ0) is 14.5. The highest BCUT2D eigenvalue weighted by Crippen LogP contribution is 2.53. The van der Waals surface area contributed by atoms with Crippen molar-refractivity contribution in [3.63, 3.8) is 0 Å². The molecule has 20 heavy (non-hydrogen) atoms. The van der Waals surface area contributed by atoms with Crippen molar-refractivity contribution in [1.29, 1.82) is 0 Å². The quantitative estimate of drug-likeness (QED) is 0.833. The van der Waals surface area contributed by atoms with Crippen LogP contribution < -0.4 is 5.32 Å². The summed E-state index contributed by atoms with van der Waals surface area (Å²) in [6, 6.07) is 0.351. The van der Waals surface area contributed by atoms with Crippen LogP contribution in [0.2, 0.25) is 0 Å². The molecule has 4 rings (SSSR count). The lowest BCUT2D eigenvalue weighted by Gasteiger charge is -2.54. The fourth-order valence-corrected chi connectivity index (χ4v) is 5.07. The van der Waals surface area contributed by atoms with E-state index in [1.54, 1.807) is 25.8 Å². The van der Waals surface area contributed by atoms with Gasteiger partial charge in [0.05, 0.1) is 12.1 Å². The molecule has 0 saturated heterocycles. The van der Waals surface area contributed by atoms with Gasteiger partial charge in [0.1, 0.15) is 0 Å². The van der Waals surface area contributed by atoms with E-state index in [9.17, 15) is 9.90 Å². The molecule has 4 aliphatic carbocycles. The van der Waals surface area contributed by atoms with Gasteiger partial charge in [-0.2, -0.15) is 0 Å². The minimum absolute atomic E-state index is 0.0235. The minimum Gasteiger partial charge on any atom is -0.389 e. The lowest BCUT2D eigenvalue weighted by Crippen LogP contribution is -2.58. The van der Waals surface area contributed by atoms with E-state index in [2.05, 4.69) is 5.32 Å². The number of nitrogens with one attached hydrogen (secondary N) is 1. The van der Waals surface area contributed by atoms with Crippen molar-refractivity contribution in [2.75, 3.05) is 13.6 Å². The largest absolute Gasteiger partial charge is 0.389 e. The molecule has 0 aromatic rings. The van der Waals surface area contributed by atoms with Crippen LogP contribution in [0.5, 0.6) is 0 Å². The van der Waals surface area contributed by atoms with Gasteiger partial charge in [0.15, 0.2) is 0 Å². The van der Waals surface area contributed by atoms with Crippen LogP contribution in [0.25, 0.3) is 0 Å². The smallest absolute Gasteiger partial charge is 0.317 e. The number of hydrogen-bond acceptors (Lipinski definition) is 2. The predicted molar refractivity (Wildman–Crippen MR) is 78.3 cm³/mol. The first kappa shape index (κ1) is 14.2. The third-order valence-electron chi connectivity index (χ3n) is 5.49. The highest BCUT2D eigenvalue weighted by Gasteiger charge is 2.48. The van der Waals surface area contributed by atoms with E-state index < -0.39 is 5.60 Å². The monoisotopic (exact) mass is 280 g/mol. The van der Waals surface area contributed by atoms with Crippen molar-refractivity contribution < 1.29 is 9.90 Å². The number of rotatable bonds is 3. The molecule has 114 valence electrons. The number of amides is 2. The summed E-state index contributed by atoms with van der Waals surface area (Å²) in [7, 11) is 1.77. The van der Waals surface area contributed by atoms with Crippen LogP contribution in [0.4, 0.5) is 4.79 Å². The molecule has 4 bridgehead atoms. The van der Waals surface area contributed by atoms with E-state index >= 15 is 0 Å². The van der Waals surface area contributed by atoms with E-state index in [4.69, 9.17) is 0 Å². The Morgan fingerprint density at radius 3 is 2.10 bits per heavy atom. The Hall–Kier alpha value is -0.770. The summed E-state index contributed by atoms with van der Waals surface area (Å²) < 4.78 is 0. The maximum Gasteiger partial charge on any atom is 0.317 e. The average Bonchev–Trinajstić information content (AvgIpc) is 2.30. The normalized spacial score (nSPS) is 38.9. The molecule has 2 amide bonds. The summed E-state index contributed by atoms with van der Waals surface area (Å²) in [4.78, 5) is 13.9. The van der Waals surface area contributed by atoms with Gasteiger partial charge in [-0.1, -0.05) is 0 Å². The van der Waals surface area contributed by atoms with Crippen LogP contribution in [-0.2, 0) is 0 Å². The summed E-state index contributed by atoms with van der Waals surface area (Å²) in [5.74, 6) is 3.26. The zero-order valence-electron chi connectivity index (χ0n) is 12.9. The number of nitrogens with zero attached hydrogens (tertiary/aromatic N) is 1. The number of aliphatic hydroxyl groups is 1. The molecule has 4 saturated carbocycles. The number of carbonyl (C=O) groups is 1. The summed E-state index contributed by atoms with van der Waals surface area (Å²) in [5, 5.41) is 13.1. The minimum atomic E-state index is -0.837. The Labute approximate surface area is 121 Å². The van der Waals surface area contributed by atoms with Crippen molar-refractivity contribution in [1.82, 2.24) is 10.2 Å². The Morgan fingerprint density at radius 1 is 1.15 bits per heavy atom. The maximum absolute atomic E-state index is 12.3. The van der Waals surface area contributed by atoms with Crippen molar-refractivity contribution in [2.45, 2.75) is 57.6 Å². The van der Waals surface area contributed by atoms with Gasteiger partial charge in [-0.3, -0.25) is 0 Å². The van der Waals surface area contributed by atoms with Gasteiger partial charge >= 0.3 is 6.03 Å². The number of likely N-dealkylation sites (N-methyl/N-ethyl adjacent to an activating group) is 1. The van der Waals surface area contributed by atoms with Crippen LogP contribution in [-0.4, -0.2) is 41.3 Å². The molecule has 0 heterocycles. The third kappa shape index (κ3) is 2.80. The first-order chi connectivity index (χ1) is 9.32. The molecule has 4 aliphatic rings. The second kappa shape index (κ2) is 4.90. The van der Waals surface area contributed by atoms with Gasteiger partial charge in [0, 0.05) is 13.1 Å². The molecule has 4 heteroatoms. The SMILES string of the molecule is CN(CC(C)(C)O)C(=O)NC1C2CC3CC(C2)CC1C3. The van der Waals surface area contributed by atoms with Crippen molar-refractivity contribution >= 4 is 6.03 Å². The molecule has 2 N–H and O–H groups in total. The molecule has 0 aromatic carbocycles. The van der Waals surface area contributed by atoms with E-state index in [1.165, 1.54) is 32.1 Å². The first-order valence-electron chi connectivity index (χ1n) is 8.06. The van der Waals surface area contributed by atoms with E-state index in [0.29, 0.717) is 24.4 Å². The summed E-state index contributed by atoms with van der Waals surface area (Å²) in [5.41, 5.74) is -0.837. The molecular formula is C16H28N2O2. The highest BCUT2D eigenvalue weighted by molar-refractivity contribution is 5.74. The fourth-order valence-electron chi connectivity index (χ4n) is 5.07. The molecule has 0 spiro atoms. The van der Waals surface area contributed by atoms with E-state index in [0.717, 1.165) is 11.8 Å². The number of urea groups is 1. The van der Waals surface area contributed by atoms with Crippen LogP contribution in [0.1, 0.15) is 46.0 Å². The second-order valence-electron chi connectivity index (χ2n) is 8.07. The topological polar surface area (TPSA) is 52.6 Å². The lowest BCUT2D eigenvalue weighted by atomic mass is 9.54. The summed E-state index contributed by atoms with van der Waals surface area (Å²) in [6.07, 6.45) is 6.69. The molecule has 0 atom stereocenters. The Bertz CT molecular complexity index is 360. The molecule has 0 radical (unpaired) electrons. The van der Waals surface area contributed by atoms with Gasteiger partial charge in [0.2, 0.25) is 0 Å². The van der Waals surface area contributed by atoms with Gasteiger partial charge < -0.3 is 15.3 Å². The Morgan fingerprint density at radius 2 is 1.65 bits per heavy atom. The Kier molecular flexibility index (Phi) is 3.47. The van der Waals surface area contributed by atoms with E-state index in [1.807, 2.05) is 0 Å². The van der Waals surface area contributed by atoms with Gasteiger partial charge in [-0.05, 0) is 69.6 Å². The molecule has 0 aromatic heterocycles. The van der Waals surface area contributed by atoms with Crippen molar-refractivity contribution in [3.05, 3.63) is 0 Å². The van der Waals surface area contributed by atoms with Crippen molar-refractivity contribution in [3.8, 4) is 0 Å². The summed E-state index contributed by atoms with van der Waals surface area (Å²) in [6.45, 7) is 3.84. The van der Waals surface area contributed by atoms with Gasteiger partial charge in [-0.15, -0.1) is 0 Å². The molecule has 4 nitrogen and oxygen atoms in total. The van der Waals surface area contributed by atoms with Crippen LogP contribution in [0, 0.1) is 23.7 Å². The van der Waals surface area contributed by atoms with Crippen molar-refractivity contribution in [2.24, 2.45) is 23.7 Å². The zero-order valence-corrected chi connectivity index (χ0v) is 12.9. The van der Waals surface area contributed by atoms with E-state index in [-0.39, 0.29) is 6.03 Å². The molecule has 0 unspecified atom stereocenters. The average molecular weight is 280 g/mol. The number of carbonyl (C=O) groups excluding carboxylic acids is 1. The Balaban J connectivity index is 1.59. The summed E-state index contributed by atoms with van der Waals surface area (Å²) >= 11 is 0. The van der Waals surface area contributed by atoms with Crippen LogP contribution in [0.3, 0.4) is 0 Å². The maximum atomic E-state index is 12.3. The fraction of sp³-hybridized carbons (Fsp3) is 0.938. The standard InChI is InChI=1S/C16H28N2O2/c1-16(2,20)9-18(3)15(19)17-14-12-5-10-4-11(7-12)8-13(14)6-10/h10-14,20H,4-9H2,1-3H3,(H,17,19). The molecular weight excluding hydrogens is 252 g/mol. The first-order valence-corrected chi connectivity index (χ1v) is 8.06. The predicted octanol–water partition coefficient (Wildman–Crippen LogP) is 2.22. The van der Waals surface area contributed by atoms with Gasteiger partial charge in [-0.25, -0.2) is 4.79 Å². The number of hydrogen-bond donors (Lipinski definition) is 2. The lowest BCUT2D eigenvalue weighted by molar-refractivity contribution is -0.0121. The molecule has 0 aliphatic heterocycles. The highest BCUT2D eigenvalue weighted by atomic mass is 16.3. The second-order valence-corrected chi connectivity index (χ2v) is 8.07. The van der Waals surface area contributed by atoms with Gasteiger partial charge in [0.25, 0.3) is 0 Å². The van der Waals surface area contributed by atoms with Crippen LogP contribution >= 0.6 is 0 Å².